The number of nitrogens with one attached hydrogen (secondary N) is 1. The average Bonchev–Trinajstić information content (AvgIpc) is 2.06. The van der Waals surface area contributed by atoms with E-state index in [4.69, 9.17) is 15.7 Å². The van der Waals surface area contributed by atoms with E-state index in [2.05, 4.69) is 5.10 Å². The fourth-order valence-corrected chi connectivity index (χ4v) is 0.828. The van der Waals surface area contributed by atoms with Crippen LogP contribution in [0.4, 0.5) is 0 Å². The normalized spacial score (nSPS) is 20.1. The SMILES string of the molecule is N/C(=N\N1CCOCC1)NO. The van der Waals surface area contributed by atoms with Gasteiger partial charge in [0.2, 0.25) is 5.96 Å². The van der Waals surface area contributed by atoms with Gasteiger partial charge in [-0.05, 0) is 0 Å². The minimum atomic E-state index is 0.00639. The van der Waals surface area contributed by atoms with Gasteiger partial charge in [0.15, 0.2) is 0 Å². The minimum Gasteiger partial charge on any atom is -0.378 e. The molecule has 0 amide bonds. The summed E-state index contributed by atoms with van der Waals surface area (Å²) in [6.07, 6.45) is 0. The Morgan fingerprint density at radius 3 is 2.73 bits per heavy atom. The molecule has 0 aromatic carbocycles. The fraction of sp³-hybridized carbons (Fsp3) is 0.800. The Bertz CT molecular complexity index is 143. The van der Waals surface area contributed by atoms with Gasteiger partial charge in [-0.2, -0.15) is 0 Å². The van der Waals surface area contributed by atoms with Gasteiger partial charge in [-0.3, -0.25) is 10.2 Å². The molecule has 6 heteroatoms. The molecule has 6 nitrogen and oxygen atoms in total. The van der Waals surface area contributed by atoms with Gasteiger partial charge in [0.25, 0.3) is 0 Å². The maximum absolute atomic E-state index is 8.30. The van der Waals surface area contributed by atoms with Gasteiger partial charge in [0, 0.05) is 0 Å². The summed E-state index contributed by atoms with van der Waals surface area (Å²) >= 11 is 0. The van der Waals surface area contributed by atoms with E-state index in [-0.39, 0.29) is 5.96 Å². The lowest BCUT2D eigenvalue weighted by atomic mass is 10.5. The van der Waals surface area contributed by atoms with Crippen LogP contribution in [0.3, 0.4) is 0 Å². The van der Waals surface area contributed by atoms with E-state index in [1.807, 2.05) is 0 Å². The molecule has 0 aromatic rings. The zero-order valence-corrected chi connectivity index (χ0v) is 6.16. The Balaban J connectivity index is 2.34. The van der Waals surface area contributed by atoms with Crippen molar-refractivity contribution in [2.45, 2.75) is 0 Å². The van der Waals surface area contributed by atoms with Gasteiger partial charge >= 0.3 is 0 Å². The van der Waals surface area contributed by atoms with Crippen molar-refractivity contribution >= 4 is 5.96 Å². The van der Waals surface area contributed by atoms with E-state index in [1.54, 1.807) is 10.5 Å². The van der Waals surface area contributed by atoms with E-state index in [0.717, 1.165) is 0 Å². The quantitative estimate of drug-likeness (QED) is 0.248. The van der Waals surface area contributed by atoms with Gasteiger partial charge in [-0.1, -0.05) is 0 Å². The summed E-state index contributed by atoms with van der Waals surface area (Å²) in [7, 11) is 0. The molecule has 4 N–H and O–H groups in total. The summed E-state index contributed by atoms with van der Waals surface area (Å²) in [5.74, 6) is 0.00639. The Labute approximate surface area is 64.6 Å². The smallest absolute Gasteiger partial charge is 0.235 e. The Hall–Kier alpha value is -1.01. The van der Waals surface area contributed by atoms with E-state index in [9.17, 15) is 0 Å². The lowest BCUT2D eigenvalue weighted by Gasteiger charge is -2.23. The molecule has 1 saturated heterocycles. The molecule has 0 unspecified atom stereocenters. The van der Waals surface area contributed by atoms with Crippen LogP contribution in [0.25, 0.3) is 0 Å². The maximum atomic E-state index is 8.30. The molecule has 0 bridgehead atoms. The molecule has 1 aliphatic heterocycles. The largest absolute Gasteiger partial charge is 0.378 e. The predicted octanol–water partition coefficient (Wildman–Crippen LogP) is -1.47. The second kappa shape index (κ2) is 3.99. The number of hydrogen-bond donors (Lipinski definition) is 3. The number of hydrogen-bond acceptors (Lipinski definition) is 4. The summed E-state index contributed by atoms with van der Waals surface area (Å²) in [6, 6.07) is 0. The highest BCUT2D eigenvalue weighted by atomic mass is 16.5. The highest BCUT2D eigenvalue weighted by molar-refractivity contribution is 5.76. The second-order valence-corrected chi connectivity index (χ2v) is 2.16. The van der Waals surface area contributed by atoms with Crippen molar-refractivity contribution in [2.24, 2.45) is 10.8 Å². The first-order valence-electron chi connectivity index (χ1n) is 3.40. The number of morpholine rings is 1. The van der Waals surface area contributed by atoms with E-state index < -0.39 is 0 Å². The van der Waals surface area contributed by atoms with Gasteiger partial charge < -0.3 is 10.5 Å². The molecule has 0 saturated carbocycles. The van der Waals surface area contributed by atoms with Crippen LogP contribution in [0.5, 0.6) is 0 Å². The van der Waals surface area contributed by atoms with Crippen LogP contribution in [0.2, 0.25) is 0 Å². The molecule has 1 fully saturated rings. The third kappa shape index (κ3) is 2.60. The first-order valence-corrected chi connectivity index (χ1v) is 3.40. The first-order chi connectivity index (χ1) is 5.33. The van der Waals surface area contributed by atoms with Crippen LogP contribution < -0.4 is 11.2 Å². The van der Waals surface area contributed by atoms with Crippen molar-refractivity contribution in [3.05, 3.63) is 0 Å². The number of nitrogens with zero attached hydrogens (tertiary/aromatic N) is 2. The molecular weight excluding hydrogens is 148 g/mol. The first kappa shape index (κ1) is 8.09. The Morgan fingerprint density at radius 2 is 2.18 bits per heavy atom. The molecule has 0 atom stereocenters. The van der Waals surface area contributed by atoms with Crippen molar-refractivity contribution in [3.8, 4) is 0 Å². The van der Waals surface area contributed by atoms with Crippen molar-refractivity contribution in [1.29, 1.82) is 0 Å². The molecular formula is C5H12N4O2. The Kier molecular flexibility index (Phi) is 2.94. The van der Waals surface area contributed by atoms with Crippen LogP contribution in [0.1, 0.15) is 0 Å². The molecule has 0 aromatic heterocycles. The van der Waals surface area contributed by atoms with E-state index >= 15 is 0 Å². The number of ether oxygens (including phenoxy) is 1. The van der Waals surface area contributed by atoms with Gasteiger partial charge in [0.05, 0.1) is 26.3 Å². The fourth-order valence-electron chi connectivity index (χ4n) is 0.828. The molecule has 1 rings (SSSR count). The zero-order chi connectivity index (χ0) is 8.10. The topological polar surface area (TPSA) is 83.1 Å². The number of rotatable bonds is 1. The van der Waals surface area contributed by atoms with Crippen LogP contribution >= 0.6 is 0 Å². The average molecular weight is 160 g/mol. The molecule has 0 aliphatic carbocycles. The monoisotopic (exact) mass is 160 g/mol. The molecule has 64 valence electrons. The molecule has 0 radical (unpaired) electrons. The molecule has 11 heavy (non-hydrogen) atoms. The third-order valence-corrected chi connectivity index (χ3v) is 1.35. The van der Waals surface area contributed by atoms with Crippen LogP contribution in [-0.4, -0.2) is 42.5 Å². The minimum absolute atomic E-state index is 0.00639. The second-order valence-electron chi connectivity index (χ2n) is 2.16. The Morgan fingerprint density at radius 1 is 1.55 bits per heavy atom. The highest BCUT2D eigenvalue weighted by Gasteiger charge is 2.07. The van der Waals surface area contributed by atoms with Crippen molar-refractivity contribution in [3.63, 3.8) is 0 Å². The van der Waals surface area contributed by atoms with Crippen molar-refractivity contribution in [2.75, 3.05) is 26.3 Å². The molecule has 1 heterocycles. The number of hydrazone groups is 1. The van der Waals surface area contributed by atoms with E-state index in [1.165, 1.54) is 0 Å². The van der Waals surface area contributed by atoms with Crippen molar-refractivity contribution in [1.82, 2.24) is 10.5 Å². The summed E-state index contributed by atoms with van der Waals surface area (Å²) in [4.78, 5) is 0. The lowest BCUT2D eigenvalue weighted by molar-refractivity contribution is 0.0384. The molecule has 1 aliphatic rings. The van der Waals surface area contributed by atoms with Gasteiger partial charge in [-0.15, -0.1) is 5.10 Å². The van der Waals surface area contributed by atoms with Gasteiger partial charge in [0.1, 0.15) is 0 Å². The lowest BCUT2D eigenvalue weighted by Crippen LogP contribution is -2.37. The predicted molar refractivity (Wildman–Crippen MR) is 38.9 cm³/mol. The number of hydroxylamine groups is 1. The summed E-state index contributed by atoms with van der Waals surface area (Å²) in [5, 5.41) is 13.9. The van der Waals surface area contributed by atoms with Crippen LogP contribution in [-0.2, 0) is 4.74 Å². The summed E-state index contributed by atoms with van der Waals surface area (Å²) in [5.41, 5.74) is 6.97. The van der Waals surface area contributed by atoms with Crippen LogP contribution in [0, 0.1) is 0 Å². The van der Waals surface area contributed by atoms with E-state index in [0.29, 0.717) is 26.3 Å². The zero-order valence-electron chi connectivity index (χ0n) is 6.16. The standard InChI is InChI=1S/C5H12N4O2/c6-5(8-10)7-9-1-3-11-4-2-9/h10H,1-4H2,(H3,6,7,8). The van der Waals surface area contributed by atoms with Gasteiger partial charge in [-0.25, -0.2) is 5.48 Å². The molecule has 0 spiro atoms. The summed E-state index contributed by atoms with van der Waals surface area (Å²) < 4.78 is 5.08. The maximum Gasteiger partial charge on any atom is 0.235 e. The summed E-state index contributed by atoms with van der Waals surface area (Å²) in [6.45, 7) is 2.73. The van der Waals surface area contributed by atoms with Crippen molar-refractivity contribution < 1.29 is 9.94 Å². The van der Waals surface area contributed by atoms with Crippen LogP contribution in [0.15, 0.2) is 5.10 Å². The highest BCUT2D eigenvalue weighted by Crippen LogP contribution is 1.95. The third-order valence-electron chi connectivity index (χ3n) is 1.35. The number of nitrogens with two attached hydrogens (primary N) is 1. The number of guanidine groups is 1.